The van der Waals surface area contributed by atoms with Gasteiger partial charge in [0.05, 0.1) is 18.6 Å². The van der Waals surface area contributed by atoms with Crippen molar-refractivity contribution in [1.29, 1.82) is 0 Å². The van der Waals surface area contributed by atoms with Crippen molar-refractivity contribution in [3.63, 3.8) is 0 Å². The lowest BCUT2D eigenvalue weighted by Gasteiger charge is -2.20. The van der Waals surface area contributed by atoms with Crippen molar-refractivity contribution in [2.45, 2.75) is 55.5 Å². The van der Waals surface area contributed by atoms with E-state index in [1.54, 1.807) is 6.07 Å². The molecule has 2 rings (SSSR count). The lowest BCUT2D eigenvalue weighted by Crippen LogP contribution is -2.17. The summed E-state index contributed by atoms with van der Waals surface area (Å²) in [7, 11) is 0. The van der Waals surface area contributed by atoms with E-state index in [0.29, 0.717) is 6.42 Å². The summed E-state index contributed by atoms with van der Waals surface area (Å²) in [4.78, 5) is 16.2. The molecule has 0 fully saturated rings. The Morgan fingerprint density at radius 1 is 1.44 bits per heavy atom. The van der Waals surface area contributed by atoms with Crippen molar-refractivity contribution >= 4 is 17.9 Å². The number of carbonyl (C=O) groups excluding carboxylic acids is 1. The molecule has 2 aromatic rings. The van der Waals surface area contributed by atoms with Crippen LogP contribution in [0.1, 0.15) is 51.3 Å². The number of hydrogen-bond acceptors (Lipinski definition) is 4. The van der Waals surface area contributed by atoms with Gasteiger partial charge in [-0.15, -0.1) is 0 Å². The zero-order valence-corrected chi connectivity index (χ0v) is 15.6. The monoisotopic (exact) mass is 365 g/mol. The second kappa shape index (κ2) is 8.89. The number of primary amides is 1. The van der Waals surface area contributed by atoms with Crippen LogP contribution in [0.25, 0.3) is 0 Å². The highest BCUT2D eigenvalue weighted by Gasteiger charge is 2.20. The Hall–Kier alpha value is -2.02. The minimum absolute atomic E-state index is 0.121. The average Bonchev–Trinajstić information content (AvgIpc) is 2.95. The Bertz CT molecular complexity index is 718. The standard InChI is InChI=1S/C18H24FN3O2S/c1-4-14(8-9-24-18(20)23)22-11-21-16(12(2)3)17(22)25-15-7-5-6-13(19)10-15/h5-7,10-12,14H,4,8-9H2,1-3H3,(H2,20,23). The molecule has 0 spiro atoms. The molecule has 0 aliphatic rings. The topological polar surface area (TPSA) is 70.1 Å². The normalized spacial score (nSPS) is 12.4. The molecule has 0 aliphatic carbocycles. The summed E-state index contributed by atoms with van der Waals surface area (Å²) in [6.45, 7) is 6.49. The third-order valence-corrected chi connectivity index (χ3v) is 5.00. The summed E-state index contributed by atoms with van der Waals surface area (Å²) < 4.78 is 20.5. The minimum atomic E-state index is -0.766. The first-order chi connectivity index (χ1) is 11.9. The summed E-state index contributed by atoms with van der Waals surface area (Å²) in [5.74, 6) is -0.0132. The minimum Gasteiger partial charge on any atom is -0.450 e. The number of imidazole rings is 1. The zero-order valence-electron chi connectivity index (χ0n) is 14.7. The highest BCUT2D eigenvalue weighted by molar-refractivity contribution is 7.99. The first-order valence-corrected chi connectivity index (χ1v) is 9.16. The van der Waals surface area contributed by atoms with Gasteiger partial charge in [-0.3, -0.25) is 0 Å². The maximum absolute atomic E-state index is 13.5. The average molecular weight is 365 g/mol. The maximum atomic E-state index is 13.5. The molecule has 0 aliphatic heterocycles. The van der Waals surface area contributed by atoms with E-state index in [0.717, 1.165) is 22.0 Å². The van der Waals surface area contributed by atoms with Crippen LogP contribution in [-0.2, 0) is 4.74 Å². The van der Waals surface area contributed by atoms with Crippen molar-refractivity contribution in [2.24, 2.45) is 5.73 Å². The molecule has 1 amide bonds. The maximum Gasteiger partial charge on any atom is 0.404 e. The highest BCUT2D eigenvalue weighted by Crippen LogP contribution is 2.36. The van der Waals surface area contributed by atoms with Crippen LogP contribution < -0.4 is 5.73 Å². The number of aromatic nitrogens is 2. The number of nitrogens with zero attached hydrogens (tertiary/aromatic N) is 2. The van der Waals surface area contributed by atoms with Crippen LogP contribution in [0.3, 0.4) is 0 Å². The molecular weight excluding hydrogens is 341 g/mol. The van der Waals surface area contributed by atoms with E-state index >= 15 is 0 Å². The van der Waals surface area contributed by atoms with Gasteiger partial charge in [0.25, 0.3) is 0 Å². The number of benzene rings is 1. The van der Waals surface area contributed by atoms with E-state index in [2.05, 4.69) is 30.3 Å². The Labute approximate surface area is 151 Å². The molecule has 0 saturated heterocycles. The van der Waals surface area contributed by atoms with Crippen molar-refractivity contribution in [2.75, 3.05) is 6.61 Å². The van der Waals surface area contributed by atoms with Gasteiger partial charge in [-0.1, -0.05) is 38.6 Å². The Kier molecular flexibility index (Phi) is 6.87. The first-order valence-electron chi connectivity index (χ1n) is 8.34. The Balaban J connectivity index is 2.29. The van der Waals surface area contributed by atoms with Crippen LogP contribution >= 0.6 is 11.8 Å². The molecule has 1 unspecified atom stereocenters. The van der Waals surface area contributed by atoms with Crippen LogP contribution in [0.2, 0.25) is 0 Å². The Morgan fingerprint density at radius 3 is 2.80 bits per heavy atom. The quantitative estimate of drug-likeness (QED) is 0.734. The molecule has 0 saturated carbocycles. The molecule has 136 valence electrons. The summed E-state index contributed by atoms with van der Waals surface area (Å²) in [6.07, 6.45) is 2.55. The summed E-state index contributed by atoms with van der Waals surface area (Å²) in [6, 6.07) is 6.65. The van der Waals surface area contributed by atoms with Crippen LogP contribution in [0, 0.1) is 5.82 Å². The predicted molar refractivity (Wildman–Crippen MR) is 96.3 cm³/mol. The van der Waals surface area contributed by atoms with Gasteiger partial charge in [0.15, 0.2) is 0 Å². The second-order valence-corrected chi connectivity index (χ2v) is 7.14. The second-order valence-electron chi connectivity index (χ2n) is 6.07. The van der Waals surface area contributed by atoms with Crippen LogP contribution in [-0.4, -0.2) is 22.3 Å². The van der Waals surface area contributed by atoms with Crippen LogP contribution in [0.5, 0.6) is 0 Å². The van der Waals surface area contributed by atoms with E-state index in [-0.39, 0.29) is 24.4 Å². The molecule has 1 atom stereocenters. The first kappa shape index (κ1) is 19.3. The van der Waals surface area contributed by atoms with Gasteiger partial charge in [-0.25, -0.2) is 14.2 Å². The van der Waals surface area contributed by atoms with Crippen molar-refractivity contribution in [3.05, 3.63) is 42.1 Å². The molecule has 0 bridgehead atoms. The number of nitrogens with two attached hydrogens (primary N) is 1. The number of ether oxygens (including phenoxy) is 1. The lowest BCUT2D eigenvalue weighted by atomic mass is 10.1. The number of halogens is 1. The van der Waals surface area contributed by atoms with Crippen LogP contribution in [0.4, 0.5) is 9.18 Å². The van der Waals surface area contributed by atoms with E-state index < -0.39 is 6.09 Å². The highest BCUT2D eigenvalue weighted by atomic mass is 32.2. The SMILES string of the molecule is CCC(CCOC(N)=O)n1cnc(C(C)C)c1Sc1cccc(F)c1. The van der Waals surface area contributed by atoms with Gasteiger partial charge in [0, 0.05) is 17.4 Å². The van der Waals surface area contributed by atoms with Gasteiger partial charge in [-0.2, -0.15) is 0 Å². The van der Waals surface area contributed by atoms with E-state index in [1.165, 1.54) is 23.9 Å². The summed E-state index contributed by atoms with van der Waals surface area (Å²) >= 11 is 1.50. The summed E-state index contributed by atoms with van der Waals surface area (Å²) in [5.41, 5.74) is 6.00. The third kappa shape index (κ3) is 5.22. The van der Waals surface area contributed by atoms with E-state index in [4.69, 9.17) is 10.5 Å². The Morgan fingerprint density at radius 2 is 2.20 bits per heavy atom. The van der Waals surface area contributed by atoms with Crippen LogP contribution in [0.15, 0.2) is 40.5 Å². The molecule has 25 heavy (non-hydrogen) atoms. The van der Waals surface area contributed by atoms with Gasteiger partial charge >= 0.3 is 6.09 Å². The molecule has 1 aromatic heterocycles. The third-order valence-electron chi connectivity index (χ3n) is 3.89. The lowest BCUT2D eigenvalue weighted by molar-refractivity contribution is 0.148. The molecule has 0 radical (unpaired) electrons. The number of amides is 1. The van der Waals surface area contributed by atoms with Gasteiger partial charge in [-0.05, 0) is 30.5 Å². The van der Waals surface area contributed by atoms with E-state index in [1.807, 2.05) is 12.4 Å². The molecular formula is C18H24FN3O2S. The smallest absolute Gasteiger partial charge is 0.404 e. The molecule has 7 heteroatoms. The van der Waals surface area contributed by atoms with Gasteiger partial charge in [0.2, 0.25) is 0 Å². The number of rotatable bonds is 8. The van der Waals surface area contributed by atoms with Crippen molar-refractivity contribution < 1.29 is 13.9 Å². The predicted octanol–water partition coefficient (Wildman–Crippen LogP) is 4.73. The summed E-state index contributed by atoms with van der Waals surface area (Å²) in [5, 5.41) is 0.992. The molecule has 5 nitrogen and oxygen atoms in total. The van der Waals surface area contributed by atoms with Gasteiger partial charge in [0.1, 0.15) is 10.8 Å². The van der Waals surface area contributed by atoms with Crippen molar-refractivity contribution in [3.8, 4) is 0 Å². The number of carbonyl (C=O) groups is 1. The fourth-order valence-corrected chi connectivity index (χ4v) is 3.84. The molecule has 1 heterocycles. The fourth-order valence-electron chi connectivity index (χ4n) is 2.60. The zero-order chi connectivity index (χ0) is 18.4. The number of hydrogen-bond donors (Lipinski definition) is 1. The molecule has 2 N–H and O–H groups in total. The molecule has 1 aromatic carbocycles. The largest absolute Gasteiger partial charge is 0.450 e. The van der Waals surface area contributed by atoms with Gasteiger partial charge < -0.3 is 15.0 Å². The van der Waals surface area contributed by atoms with E-state index in [9.17, 15) is 9.18 Å². The fraction of sp³-hybridized carbons (Fsp3) is 0.444. The van der Waals surface area contributed by atoms with Crippen molar-refractivity contribution in [1.82, 2.24) is 9.55 Å².